The van der Waals surface area contributed by atoms with E-state index in [2.05, 4.69) is 20.1 Å². The molecule has 0 saturated carbocycles. The molecule has 104 valence electrons. The minimum atomic E-state index is -3.18. The SMILES string of the molecule is CCNCCCS(=O)(=O)NCCc1ncn(C)n1. The Balaban J connectivity index is 2.20. The first-order chi connectivity index (χ1) is 8.53. The molecule has 1 aromatic rings. The molecule has 0 aliphatic heterocycles. The van der Waals surface area contributed by atoms with Gasteiger partial charge in [-0.15, -0.1) is 0 Å². The van der Waals surface area contributed by atoms with Crippen molar-refractivity contribution in [2.45, 2.75) is 19.8 Å². The van der Waals surface area contributed by atoms with Gasteiger partial charge in [0, 0.05) is 20.0 Å². The van der Waals surface area contributed by atoms with E-state index >= 15 is 0 Å². The molecule has 0 radical (unpaired) electrons. The lowest BCUT2D eigenvalue weighted by atomic mass is 10.4. The lowest BCUT2D eigenvalue weighted by molar-refractivity contribution is 0.575. The lowest BCUT2D eigenvalue weighted by Gasteiger charge is -2.05. The van der Waals surface area contributed by atoms with Crippen molar-refractivity contribution in [3.05, 3.63) is 12.2 Å². The van der Waals surface area contributed by atoms with E-state index in [1.807, 2.05) is 6.92 Å². The van der Waals surface area contributed by atoms with Gasteiger partial charge >= 0.3 is 0 Å². The highest BCUT2D eigenvalue weighted by Crippen LogP contribution is 1.92. The highest BCUT2D eigenvalue weighted by Gasteiger charge is 2.09. The molecule has 0 aromatic carbocycles. The maximum absolute atomic E-state index is 11.6. The van der Waals surface area contributed by atoms with E-state index in [1.165, 1.54) is 0 Å². The van der Waals surface area contributed by atoms with E-state index in [-0.39, 0.29) is 5.75 Å². The van der Waals surface area contributed by atoms with Crippen LogP contribution in [0, 0.1) is 0 Å². The number of aromatic nitrogens is 3. The number of rotatable bonds is 9. The van der Waals surface area contributed by atoms with Crippen molar-refractivity contribution in [1.82, 2.24) is 24.8 Å². The molecular formula is C10H21N5O2S. The van der Waals surface area contributed by atoms with Gasteiger partial charge < -0.3 is 5.32 Å². The zero-order valence-electron chi connectivity index (χ0n) is 10.9. The third kappa shape index (κ3) is 6.08. The van der Waals surface area contributed by atoms with Crippen molar-refractivity contribution in [2.24, 2.45) is 7.05 Å². The summed E-state index contributed by atoms with van der Waals surface area (Å²) in [5, 5.41) is 7.17. The molecule has 7 nitrogen and oxygen atoms in total. The molecule has 2 N–H and O–H groups in total. The normalized spacial score (nSPS) is 11.9. The number of nitrogens with zero attached hydrogens (tertiary/aromatic N) is 3. The Hall–Kier alpha value is -0.990. The quantitative estimate of drug-likeness (QED) is 0.580. The van der Waals surface area contributed by atoms with Gasteiger partial charge in [0.25, 0.3) is 0 Å². The monoisotopic (exact) mass is 275 g/mol. The molecule has 0 aliphatic carbocycles. The van der Waals surface area contributed by atoms with Crippen LogP contribution in [0.5, 0.6) is 0 Å². The fourth-order valence-corrected chi connectivity index (χ4v) is 2.53. The third-order valence-corrected chi connectivity index (χ3v) is 3.80. The minimum absolute atomic E-state index is 0.148. The maximum Gasteiger partial charge on any atom is 0.211 e. The van der Waals surface area contributed by atoms with Gasteiger partial charge in [-0.3, -0.25) is 4.68 Å². The van der Waals surface area contributed by atoms with Gasteiger partial charge in [-0.05, 0) is 19.5 Å². The Bertz CT molecular complexity index is 443. The summed E-state index contributed by atoms with van der Waals surface area (Å²) in [5.74, 6) is 0.795. The summed E-state index contributed by atoms with van der Waals surface area (Å²) >= 11 is 0. The molecule has 1 rings (SSSR count). The molecule has 0 aliphatic rings. The lowest BCUT2D eigenvalue weighted by Crippen LogP contribution is -2.30. The van der Waals surface area contributed by atoms with Gasteiger partial charge in [-0.2, -0.15) is 5.10 Å². The molecule has 0 atom stereocenters. The van der Waals surface area contributed by atoms with Crippen LogP contribution in [0.2, 0.25) is 0 Å². The molecule has 0 unspecified atom stereocenters. The fourth-order valence-electron chi connectivity index (χ4n) is 1.45. The van der Waals surface area contributed by atoms with Crippen LogP contribution in [0.15, 0.2) is 6.33 Å². The smallest absolute Gasteiger partial charge is 0.211 e. The van der Waals surface area contributed by atoms with Crippen LogP contribution >= 0.6 is 0 Å². The van der Waals surface area contributed by atoms with Crippen LogP contribution in [-0.4, -0.2) is 48.6 Å². The second-order valence-corrected chi connectivity index (χ2v) is 5.93. The van der Waals surface area contributed by atoms with Crippen LogP contribution in [0.3, 0.4) is 0 Å². The van der Waals surface area contributed by atoms with Gasteiger partial charge in [0.15, 0.2) is 5.82 Å². The topological polar surface area (TPSA) is 88.9 Å². The summed E-state index contributed by atoms with van der Waals surface area (Å²) < 4.78 is 27.4. The predicted octanol–water partition coefficient (Wildman–Crippen LogP) is -0.723. The minimum Gasteiger partial charge on any atom is -0.317 e. The highest BCUT2D eigenvalue weighted by molar-refractivity contribution is 7.89. The Morgan fingerprint density at radius 3 is 2.78 bits per heavy atom. The first-order valence-corrected chi connectivity index (χ1v) is 7.71. The van der Waals surface area contributed by atoms with Crippen molar-refractivity contribution in [1.29, 1.82) is 0 Å². The van der Waals surface area contributed by atoms with Crippen molar-refractivity contribution in [2.75, 3.05) is 25.4 Å². The molecular weight excluding hydrogens is 254 g/mol. The number of aryl methyl sites for hydroxylation is 1. The van der Waals surface area contributed by atoms with Crippen LogP contribution < -0.4 is 10.0 Å². The maximum atomic E-state index is 11.6. The molecule has 18 heavy (non-hydrogen) atoms. The molecule has 0 amide bonds. The molecule has 0 spiro atoms. The molecule has 0 saturated heterocycles. The average molecular weight is 275 g/mol. The summed E-state index contributed by atoms with van der Waals surface area (Å²) in [4.78, 5) is 4.03. The van der Waals surface area contributed by atoms with Crippen molar-refractivity contribution < 1.29 is 8.42 Å². The largest absolute Gasteiger partial charge is 0.317 e. The molecule has 1 aromatic heterocycles. The van der Waals surface area contributed by atoms with Crippen molar-refractivity contribution in [3.8, 4) is 0 Å². The molecule has 1 heterocycles. The van der Waals surface area contributed by atoms with Gasteiger partial charge in [-0.25, -0.2) is 18.1 Å². The Kier molecular flexibility index (Phi) is 6.23. The van der Waals surface area contributed by atoms with Crippen LogP contribution in [0.25, 0.3) is 0 Å². The second kappa shape index (κ2) is 7.45. The second-order valence-electron chi connectivity index (χ2n) is 4.00. The Morgan fingerprint density at radius 2 is 2.17 bits per heavy atom. The number of hydrogen-bond acceptors (Lipinski definition) is 5. The van der Waals surface area contributed by atoms with Crippen molar-refractivity contribution >= 4 is 10.0 Å². The number of nitrogens with one attached hydrogen (secondary N) is 2. The van der Waals surface area contributed by atoms with Gasteiger partial charge in [0.05, 0.1) is 5.75 Å². The van der Waals surface area contributed by atoms with Gasteiger partial charge in [0.1, 0.15) is 6.33 Å². The van der Waals surface area contributed by atoms with E-state index in [9.17, 15) is 8.42 Å². The van der Waals surface area contributed by atoms with Gasteiger partial charge in [0.2, 0.25) is 10.0 Å². The standard InChI is InChI=1S/C10H21N5O2S/c1-3-11-6-4-8-18(16,17)13-7-5-10-12-9-15(2)14-10/h9,11,13H,3-8H2,1-2H3. The fraction of sp³-hybridized carbons (Fsp3) is 0.800. The van der Waals surface area contributed by atoms with Crippen LogP contribution in [0.1, 0.15) is 19.2 Å². The summed E-state index contributed by atoms with van der Waals surface area (Å²) in [5.41, 5.74) is 0. The summed E-state index contributed by atoms with van der Waals surface area (Å²) in [6.45, 7) is 3.91. The summed E-state index contributed by atoms with van der Waals surface area (Å²) in [6, 6.07) is 0. The number of sulfonamides is 1. The number of hydrogen-bond donors (Lipinski definition) is 2. The molecule has 8 heteroatoms. The van der Waals surface area contributed by atoms with E-state index < -0.39 is 10.0 Å². The zero-order valence-corrected chi connectivity index (χ0v) is 11.7. The van der Waals surface area contributed by atoms with E-state index in [0.29, 0.717) is 25.2 Å². The van der Waals surface area contributed by atoms with E-state index in [0.717, 1.165) is 13.1 Å². The van der Waals surface area contributed by atoms with Gasteiger partial charge in [-0.1, -0.05) is 6.92 Å². The van der Waals surface area contributed by atoms with E-state index in [1.54, 1.807) is 18.1 Å². The molecule has 0 bridgehead atoms. The van der Waals surface area contributed by atoms with E-state index in [4.69, 9.17) is 0 Å². The van der Waals surface area contributed by atoms with Crippen molar-refractivity contribution in [3.63, 3.8) is 0 Å². The predicted molar refractivity (Wildman–Crippen MR) is 69.7 cm³/mol. The highest BCUT2D eigenvalue weighted by atomic mass is 32.2. The summed E-state index contributed by atoms with van der Waals surface area (Å²) in [6.07, 6.45) is 2.72. The molecule has 0 fully saturated rings. The first kappa shape index (κ1) is 15.1. The average Bonchev–Trinajstić information content (AvgIpc) is 2.70. The van der Waals surface area contributed by atoms with Crippen LogP contribution in [0.4, 0.5) is 0 Å². The first-order valence-electron chi connectivity index (χ1n) is 6.06. The third-order valence-electron chi connectivity index (χ3n) is 2.33. The van der Waals surface area contributed by atoms with Crippen LogP contribution in [-0.2, 0) is 23.5 Å². The zero-order chi connectivity index (χ0) is 13.4. The Labute approximate surface area is 108 Å². The summed E-state index contributed by atoms with van der Waals surface area (Å²) in [7, 11) is -1.40. The Morgan fingerprint density at radius 1 is 1.39 bits per heavy atom.